The van der Waals surface area contributed by atoms with Crippen LogP contribution in [0.25, 0.3) is 5.53 Å². The number of aliphatic hydroxyl groups is 1. The number of aliphatic hydroxyl groups excluding tert-OH is 1. The van der Waals surface area contributed by atoms with Gasteiger partial charge in [0.2, 0.25) is 0 Å². The first-order chi connectivity index (χ1) is 9.31. The molecular weight excluding hydrogens is 277 g/mol. The number of esters is 1. The van der Waals surface area contributed by atoms with E-state index in [0.29, 0.717) is 6.07 Å². The van der Waals surface area contributed by atoms with Gasteiger partial charge >= 0.3 is 17.9 Å². The third-order valence-corrected chi connectivity index (χ3v) is 2.38. The van der Waals surface area contributed by atoms with Crippen molar-refractivity contribution in [1.29, 1.82) is 0 Å². The van der Waals surface area contributed by atoms with Crippen molar-refractivity contribution in [2.45, 2.75) is 19.2 Å². The maximum Gasteiger partial charge on any atom is 0.420 e. The van der Waals surface area contributed by atoms with Crippen molar-refractivity contribution >= 4 is 11.7 Å². The number of benzene rings is 1. The van der Waals surface area contributed by atoms with E-state index in [1.165, 1.54) is 13.0 Å². The molecule has 1 N–H and O–H groups in total. The highest BCUT2D eigenvalue weighted by Crippen LogP contribution is 2.30. The molecule has 108 valence electrons. The Morgan fingerprint density at radius 1 is 1.50 bits per heavy atom. The molecule has 20 heavy (non-hydrogen) atoms. The number of hydrogen-bond acceptors (Lipinski definition) is 3. The summed E-state index contributed by atoms with van der Waals surface area (Å²) in [6.45, 7) is 1.46. The Morgan fingerprint density at radius 3 is 2.65 bits per heavy atom. The Kier molecular flexibility index (Phi) is 5.01. The summed E-state index contributed by atoms with van der Waals surface area (Å²) in [7, 11) is 0. The lowest BCUT2D eigenvalue weighted by molar-refractivity contribution is -0.141. The van der Waals surface area contributed by atoms with Crippen LogP contribution < -0.4 is 0 Å². The van der Waals surface area contributed by atoms with Gasteiger partial charge in [-0.3, -0.25) is 0 Å². The normalized spacial score (nSPS) is 12.4. The Labute approximate surface area is 112 Å². The molecule has 0 aliphatic heterocycles. The first-order valence-electron chi connectivity index (χ1n) is 5.55. The first kappa shape index (κ1) is 15.9. The molecule has 0 saturated carbocycles. The van der Waals surface area contributed by atoms with Crippen LogP contribution in [0.3, 0.4) is 0 Å². The Morgan fingerprint density at radius 2 is 2.15 bits per heavy atom. The summed E-state index contributed by atoms with van der Waals surface area (Å²) < 4.78 is 42.1. The molecule has 0 spiro atoms. The van der Waals surface area contributed by atoms with Crippen LogP contribution >= 0.6 is 0 Å². The van der Waals surface area contributed by atoms with Crippen LogP contribution in [0.5, 0.6) is 0 Å². The molecule has 0 amide bonds. The van der Waals surface area contributed by atoms with Gasteiger partial charge in [0.1, 0.15) is 0 Å². The summed E-state index contributed by atoms with van der Waals surface area (Å²) in [4.78, 5) is 14.0. The van der Waals surface area contributed by atoms with Crippen LogP contribution in [-0.4, -0.2) is 28.2 Å². The second kappa shape index (κ2) is 6.31. The van der Waals surface area contributed by atoms with Gasteiger partial charge in [0, 0.05) is 0 Å². The van der Waals surface area contributed by atoms with Gasteiger partial charge in [-0.1, -0.05) is 12.1 Å². The smallest absolute Gasteiger partial charge is 0.420 e. The van der Waals surface area contributed by atoms with Crippen LogP contribution in [0.1, 0.15) is 24.2 Å². The predicted octanol–water partition coefficient (Wildman–Crippen LogP) is 1.97. The topological polar surface area (TPSA) is 82.9 Å². The number of nitrogens with zero attached hydrogens (tertiary/aromatic N) is 2. The number of halogens is 3. The summed E-state index contributed by atoms with van der Waals surface area (Å²) >= 11 is 0. The van der Waals surface area contributed by atoms with E-state index in [-0.39, 0.29) is 12.2 Å². The highest BCUT2D eigenvalue weighted by Gasteiger charge is 2.35. The molecule has 1 atom stereocenters. The molecule has 0 unspecified atom stereocenters. The molecule has 0 fully saturated rings. The van der Waals surface area contributed by atoms with Crippen LogP contribution in [-0.2, 0) is 15.7 Å². The quantitative estimate of drug-likeness (QED) is 0.398. The largest absolute Gasteiger partial charge is 0.457 e. The number of alkyl halides is 3. The fourth-order valence-corrected chi connectivity index (χ4v) is 1.46. The second-order valence-corrected chi connectivity index (χ2v) is 3.73. The summed E-state index contributed by atoms with van der Waals surface area (Å²) in [5, 5.41) is 9.81. The standard InChI is InChI=1S/C12H11F3N2O3/c1-2-20-11(19)9(17-16)10(18)7-4-3-5-8(6-7)12(13,14)15/h3-6,10,18H,2H2,1H3/t10-/m1/s1. The van der Waals surface area contributed by atoms with Crippen molar-refractivity contribution in [1.82, 2.24) is 0 Å². The highest BCUT2D eigenvalue weighted by molar-refractivity contribution is 6.35. The molecular formula is C12H11F3N2O3. The SMILES string of the molecule is CCOC(=O)C(=[N+]=[N-])[C@H](O)c1cccc(C(F)(F)F)c1. The van der Waals surface area contributed by atoms with Gasteiger partial charge in [-0.05, 0) is 24.6 Å². The van der Waals surface area contributed by atoms with Crippen molar-refractivity contribution < 1.29 is 32.6 Å². The highest BCUT2D eigenvalue weighted by atomic mass is 19.4. The fourth-order valence-electron chi connectivity index (χ4n) is 1.46. The summed E-state index contributed by atoms with van der Waals surface area (Å²) in [5.41, 5.74) is 6.68. The van der Waals surface area contributed by atoms with E-state index in [4.69, 9.17) is 5.53 Å². The minimum Gasteiger partial charge on any atom is -0.457 e. The van der Waals surface area contributed by atoms with Crippen molar-refractivity contribution in [3.63, 3.8) is 0 Å². The number of carbonyl (C=O) groups excluding carboxylic acids is 1. The molecule has 0 aromatic heterocycles. The van der Waals surface area contributed by atoms with Gasteiger partial charge in [0.25, 0.3) is 0 Å². The van der Waals surface area contributed by atoms with Crippen molar-refractivity contribution in [3.8, 4) is 0 Å². The molecule has 0 bridgehead atoms. The van der Waals surface area contributed by atoms with E-state index >= 15 is 0 Å². The molecule has 0 saturated heterocycles. The van der Waals surface area contributed by atoms with E-state index in [2.05, 4.69) is 9.53 Å². The average molecular weight is 288 g/mol. The van der Waals surface area contributed by atoms with Gasteiger partial charge in [0.15, 0.2) is 6.10 Å². The number of ether oxygens (including phenoxy) is 1. The molecule has 1 aromatic carbocycles. The molecule has 0 aliphatic carbocycles. The van der Waals surface area contributed by atoms with Crippen LogP contribution in [0.4, 0.5) is 13.2 Å². The first-order valence-corrected chi connectivity index (χ1v) is 5.55. The average Bonchev–Trinajstić information content (AvgIpc) is 2.39. The third kappa shape index (κ3) is 3.66. The molecule has 1 aromatic rings. The zero-order valence-electron chi connectivity index (χ0n) is 10.4. The van der Waals surface area contributed by atoms with Crippen LogP contribution in [0.2, 0.25) is 0 Å². The maximum absolute atomic E-state index is 12.5. The van der Waals surface area contributed by atoms with Crippen molar-refractivity contribution in [3.05, 3.63) is 40.9 Å². The van der Waals surface area contributed by atoms with Crippen LogP contribution in [0.15, 0.2) is 24.3 Å². The lowest BCUT2D eigenvalue weighted by Crippen LogP contribution is -2.26. The van der Waals surface area contributed by atoms with Crippen molar-refractivity contribution in [2.75, 3.05) is 6.61 Å². The second-order valence-electron chi connectivity index (χ2n) is 3.73. The minimum absolute atomic E-state index is 0.0346. The fraction of sp³-hybridized carbons (Fsp3) is 0.333. The zero-order valence-corrected chi connectivity index (χ0v) is 10.4. The summed E-state index contributed by atoms with van der Waals surface area (Å²) in [6.07, 6.45) is -6.41. The minimum atomic E-state index is -4.59. The maximum atomic E-state index is 12.5. The number of rotatable bonds is 4. The molecule has 0 radical (unpaired) electrons. The van der Waals surface area contributed by atoms with Gasteiger partial charge in [-0.25, -0.2) is 4.79 Å². The molecule has 8 heteroatoms. The lowest BCUT2D eigenvalue weighted by Gasteiger charge is -2.10. The summed E-state index contributed by atoms with van der Waals surface area (Å²) in [6, 6.07) is 3.72. The van der Waals surface area contributed by atoms with Crippen molar-refractivity contribution in [2.24, 2.45) is 0 Å². The van der Waals surface area contributed by atoms with Gasteiger partial charge in [0.05, 0.1) is 12.2 Å². The Hall–Kier alpha value is -2.18. The number of carbonyl (C=O) groups is 1. The van der Waals surface area contributed by atoms with E-state index in [0.717, 1.165) is 12.1 Å². The van der Waals surface area contributed by atoms with Gasteiger partial charge in [-0.15, -0.1) is 0 Å². The molecule has 0 aliphatic rings. The monoisotopic (exact) mass is 288 g/mol. The van der Waals surface area contributed by atoms with Gasteiger partial charge in [-0.2, -0.15) is 18.0 Å². The Bertz CT molecular complexity index is 551. The van der Waals surface area contributed by atoms with E-state index < -0.39 is 29.5 Å². The zero-order chi connectivity index (χ0) is 15.3. The molecule has 5 nitrogen and oxygen atoms in total. The predicted molar refractivity (Wildman–Crippen MR) is 61.7 cm³/mol. The van der Waals surface area contributed by atoms with E-state index in [1.807, 2.05) is 0 Å². The number of hydrogen-bond donors (Lipinski definition) is 1. The molecule has 0 heterocycles. The molecule has 1 rings (SSSR count). The van der Waals surface area contributed by atoms with E-state index in [9.17, 15) is 23.1 Å². The van der Waals surface area contributed by atoms with E-state index in [1.54, 1.807) is 0 Å². The van der Waals surface area contributed by atoms with Gasteiger partial charge < -0.3 is 15.4 Å². The Balaban J connectivity index is 3.11. The van der Waals surface area contributed by atoms with Crippen LogP contribution in [0, 0.1) is 0 Å². The third-order valence-electron chi connectivity index (χ3n) is 2.38. The lowest BCUT2D eigenvalue weighted by atomic mass is 10.0. The summed E-state index contributed by atoms with van der Waals surface area (Å²) in [5.74, 6) is -1.11.